The van der Waals surface area contributed by atoms with Gasteiger partial charge in [0.1, 0.15) is 11.5 Å². The zero-order chi connectivity index (χ0) is 13.1. The number of Topliss-reactive ketones (excluding diaryl/α,β-unsaturated/α-hetero) is 1. The molecule has 2 aromatic rings. The van der Waals surface area contributed by atoms with Gasteiger partial charge in [-0.2, -0.15) is 0 Å². The predicted molar refractivity (Wildman–Crippen MR) is 76.3 cm³/mol. The van der Waals surface area contributed by atoms with E-state index in [4.69, 9.17) is 5.73 Å². The van der Waals surface area contributed by atoms with Crippen LogP contribution in [0, 0.1) is 0 Å². The van der Waals surface area contributed by atoms with Crippen LogP contribution < -0.4 is 5.73 Å². The van der Waals surface area contributed by atoms with Crippen LogP contribution in [0.3, 0.4) is 0 Å². The topological polar surface area (TPSA) is 68.9 Å². The highest BCUT2D eigenvalue weighted by atomic mass is 79.9. The maximum Gasteiger partial charge on any atom is 0.186 e. The summed E-state index contributed by atoms with van der Waals surface area (Å²) in [6.45, 7) is 0. The van der Waals surface area contributed by atoms with Crippen LogP contribution in [0.5, 0.6) is 0 Å². The van der Waals surface area contributed by atoms with Gasteiger partial charge in [-0.25, -0.2) is 4.98 Å². The summed E-state index contributed by atoms with van der Waals surface area (Å²) in [5.41, 5.74) is 6.80. The molecule has 92 valence electrons. The van der Waals surface area contributed by atoms with Crippen molar-refractivity contribution in [3.05, 3.63) is 50.8 Å². The Morgan fingerprint density at radius 1 is 1.28 bits per heavy atom. The highest BCUT2D eigenvalue weighted by Gasteiger charge is 2.13. The van der Waals surface area contributed by atoms with Gasteiger partial charge >= 0.3 is 0 Å². The lowest BCUT2D eigenvalue weighted by atomic mass is 10.1. The number of pyridine rings is 2. The van der Waals surface area contributed by atoms with Gasteiger partial charge in [0.15, 0.2) is 5.78 Å². The molecule has 0 fully saturated rings. The molecule has 0 atom stereocenters. The number of aromatic nitrogens is 2. The fraction of sp³-hybridized carbons (Fsp3) is 0.0833. The molecule has 0 spiro atoms. The molecule has 0 unspecified atom stereocenters. The lowest BCUT2D eigenvalue weighted by molar-refractivity contribution is 0.0987. The molecule has 0 saturated heterocycles. The van der Waals surface area contributed by atoms with Gasteiger partial charge in [-0.05, 0) is 55.6 Å². The van der Waals surface area contributed by atoms with Crippen molar-refractivity contribution >= 4 is 43.5 Å². The molecule has 0 aliphatic rings. The number of anilines is 1. The maximum absolute atomic E-state index is 12.1. The normalized spacial score (nSPS) is 10.3. The number of hydrogen-bond donors (Lipinski definition) is 1. The number of carbonyl (C=O) groups excluding carboxylic acids is 1. The number of halogens is 2. The maximum atomic E-state index is 12.1. The van der Waals surface area contributed by atoms with Crippen LogP contribution in [-0.4, -0.2) is 15.8 Å². The van der Waals surface area contributed by atoms with Crippen molar-refractivity contribution < 1.29 is 4.79 Å². The number of nitrogens with zero attached hydrogens (tertiary/aromatic N) is 2. The number of hydrogen-bond acceptors (Lipinski definition) is 4. The second-order valence-electron chi connectivity index (χ2n) is 3.67. The first kappa shape index (κ1) is 13.2. The van der Waals surface area contributed by atoms with E-state index in [9.17, 15) is 4.79 Å². The number of ketones is 1. The summed E-state index contributed by atoms with van der Waals surface area (Å²) in [6, 6.07) is 5.24. The van der Waals surface area contributed by atoms with Crippen LogP contribution in [0.1, 0.15) is 16.1 Å². The van der Waals surface area contributed by atoms with Gasteiger partial charge in [-0.1, -0.05) is 0 Å². The average Bonchev–Trinajstić information content (AvgIpc) is 2.28. The summed E-state index contributed by atoms with van der Waals surface area (Å²) in [5, 5.41) is 0. The molecule has 0 aromatic carbocycles. The Labute approximate surface area is 121 Å². The molecule has 2 rings (SSSR count). The molecule has 0 saturated carbocycles. The lowest BCUT2D eigenvalue weighted by Gasteiger charge is -2.04. The predicted octanol–water partition coefficient (Wildman–Crippen LogP) is 3.01. The molecular weight excluding hydrogens is 362 g/mol. The Kier molecular flexibility index (Phi) is 4.08. The molecule has 0 amide bonds. The smallest absolute Gasteiger partial charge is 0.186 e. The van der Waals surface area contributed by atoms with Crippen molar-refractivity contribution in [1.82, 2.24) is 9.97 Å². The summed E-state index contributed by atoms with van der Waals surface area (Å²) in [6.07, 6.45) is 3.43. The molecule has 2 aromatic heterocycles. The van der Waals surface area contributed by atoms with E-state index >= 15 is 0 Å². The molecule has 0 radical (unpaired) electrons. The zero-order valence-electron chi connectivity index (χ0n) is 9.23. The monoisotopic (exact) mass is 369 g/mol. The Bertz CT molecular complexity index is 602. The first-order valence-corrected chi connectivity index (χ1v) is 6.69. The highest BCUT2D eigenvalue weighted by molar-refractivity contribution is 9.11. The minimum Gasteiger partial charge on any atom is -0.384 e. The van der Waals surface area contributed by atoms with E-state index in [1.165, 1.54) is 0 Å². The van der Waals surface area contributed by atoms with Crippen LogP contribution in [0.4, 0.5) is 5.82 Å². The van der Waals surface area contributed by atoms with Gasteiger partial charge in [0.2, 0.25) is 0 Å². The molecule has 18 heavy (non-hydrogen) atoms. The number of carbonyl (C=O) groups is 1. The Morgan fingerprint density at radius 2 is 2.06 bits per heavy atom. The standard InChI is InChI=1S/C12H9Br2N3O/c13-8-5-9(14)12(17-6-8)10(18)3-7-1-2-16-11(15)4-7/h1-2,4-6H,3H2,(H2,15,16). The van der Waals surface area contributed by atoms with Crippen molar-refractivity contribution in [2.45, 2.75) is 6.42 Å². The Morgan fingerprint density at radius 3 is 2.72 bits per heavy atom. The Balaban J connectivity index is 2.22. The van der Waals surface area contributed by atoms with E-state index in [0.29, 0.717) is 16.0 Å². The summed E-state index contributed by atoms with van der Waals surface area (Å²) >= 11 is 6.62. The van der Waals surface area contributed by atoms with Gasteiger partial charge in [-0.3, -0.25) is 9.78 Å². The largest absolute Gasteiger partial charge is 0.384 e. The fourth-order valence-corrected chi connectivity index (χ4v) is 2.70. The lowest BCUT2D eigenvalue weighted by Crippen LogP contribution is -2.07. The van der Waals surface area contributed by atoms with Gasteiger partial charge in [0.25, 0.3) is 0 Å². The molecule has 0 aliphatic heterocycles. The molecular formula is C12H9Br2N3O. The summed E-state index contributed by atoms with van der Waals surface area (Å²) < 4.78 is 1.49. The number of rotatable bonds is 3. The van der Waals surface area contributed by atoms with Crippen LogP contribution in [0.15, 0.2) is 39.5 Å². The van der Waals surface area contributed by atoms with E-state index in [-0.39, 0.29) is 12.2 Å². The fourth-order valence-electron chi connectivity index (χ4n) is 1.49. The van der Waals surface area contributed by atoms with E-state index < -0.39 is 0 Å². The van der Waals surface area contributed by atoms with E-state index in [0.717, 1.165) is 10.0 Å². The first-order chi connectivity index (χ1) is 8.56. The van der Waals surface area contributed by atoms with Crippen molar-refractivity contribution in [3.63, 3.8) is 0 Å². The number of nitrogens with two attached hydrogens (primary N) is 1. The SMILES string of the molecule is Nc1cc(CC(=O)c2ncc(Br)cc2Br)ccn1. The van der Waals surface area contributed by atoms with Gasteiger partial charge < -0.3 is 5.73 Å². The third-order valence-corrected chi connectivity index (χ3v) is 3.32. The minimum atomic E-state index is -0.0695. The van der Waals surface area contributed by atoms with Crippen molar-refractivity contribution in [1.29, 1.82) is 0 Å². The highest BCUT2D eigenvalue weighted by Crippen LogP contribution is 2.21. The molecule has 6 heteroatoms. The number of nitrogen functional groups attached to an aromatic ring is 1. The second kappa shape index (κ2) is 5.58. The third kappa shape index (κ3) is 3.14. The van der Waals surface area contributed by atoms with E-state index in [2.05, 4.69) is 41.8 Å². The van der Waals surface area contributed by atoms with Gasteiger partial charge in [-0.15, -0.1) is 0 Å². The van der Waals surface area contributed by atoms with Crippen LogP contribution in [0.2, 0.25) is 0 Å². The molecule has 4 nitrogen and oxygen atoms in total. The van der Waals surface area contributed by atoms with E-state index in [1.807, 2.05) is 0 Å². The molecule has 2 N–H and O–H groups in total. The van der Waals surface area contributed by atoms with Crippen molar-refractivity contribution in [2.24, 2.45) is 0 Å². The first-order valence-electron chi connectivity index (χ1n) is 5.11. The van der Waals surface area contributed by atoms with Gasteiger partial charge in [0.05, 0.1) is 0 Å². The zero-order valence-corrected chi connectivity index (χ0v) is 12.4. The quantitative estimate of drug-likeness (QED) is 0.843. The minimum absolute atomic E-state index is 0.0695. The van der Waals surface area contributed by atoms with Gasteiger partial charge in [0, 0.05) is 27.8 Å². The second-order valence-corrected chi connectivity index (χ2v) is 5.44. The average molecular weight is 371 g/mol. The molecule has 0 bridgehead atoms. The summed E-state index contributed by atoms with van der Waals surface area (Å²) in [4.78, 5) is 20.1. The third-order valence-electron chi connectivity index (χ3n) is 2.28. The Hall–Kier alpha value is -1.27. The molecule has 0 aliphatic carbocycles. The molecule has 2 heterocycles. The van der Waals surface area contributed by atoms with Crippen molar-refractivity contribution in [3.8, 4) is 0 Å². The van der Waals surface area contributed by atoms with Crippen molar-refractivity contribution in [2.75, 3.05) is 5.73 Å². The van der Waals surface area contributed by atoms with Crippen LogP contribution >= 0.6 is 31.9 Å². The van der Waals surface area contributed by atoms with E-state index in [1.54, 1.807) is 30.6 Å². The van der Waals surface area contributed by atoms with Crippen LogP contribution in [0.25, 0.3) is 0 Å². The summed E-state index contributed by atoms with van der Waals surface area (Å²) in [7, 11) is 0. The summed E-state index contributed by atoms with van der Waals surface area (Å²) in [5.74, 6) is 0.336. The van der Waals surface area contributed by atoms with Crippen LogP contribution in [-0.2, 0) is 6.42 Å².